The Hall–Kier alpha value is -2.23. The predicted molar refractivity (Wildman–Crippen MR) is 111 cm³/mol. The summed E-state index contributed by atoms with van der Waals surface area (Å²) in [6.45, 7) is 1.36. The number of nitrogens with one attached hydrogen (secondary N) is 1. The van der Waals surface area contributed by atoms with Gasteiger partial charge in [-0.3, -0.25) is 9.59 Å². The minimum absolute atomic E-state index is 0.117. The maximum absolute atomic E-state index is 12.8. The number of benzene rings is 1. The second-order valence-electron chi connectivity index (χ2n) is 7.24. The lowest BCUT2D eigenvalue weighted by atomic mass is 10.1. The molecule has 0 spiro atoms. The molecule has 1 N–H and O–H groups in total. The van der Waals surface area contributed by atoms with Crippen LogP contribution >= 0.6 is 11.3 Å². The van der Waals surface area contributed by atoms with Crippen LogP contribution < -0.4 is 10.2 Å². The second-order valence-corrected chi connectivity index (χ2v) is 10.3. The maximum atomic E-state index is 12.8. The fourth-order valence-corrected chi connectivity index (χ4v) is 6.65. The topological polar surface area (TPSA) is 86.8 Å². The lowest BCUT2D eigenvalue weighted by Crippen LogP contribution is -2.45. The number of amides is 2. The molecule has 154 valence electrons. The average Bonchev–Trinajstić information content (AvgIpc) is 3.47. The zero-order valence-electron chi connectivity index (χ0n) is 15.9. The highest BCUT2D eigenvalue weighted by atomic mass is 32.2. The fraction of sp³-hybridized carbons (Fsp3) is 0.400. The molecule has 0 aliphatic carbocycles. The third-order valence-electron chi connectivity index (χ3n) is 5.33. The van der Waals surface area contributed by atoms with Gasteiger partial charge in [-0.05, 0) is 48.4 Å². The van der Waals surface area contributed by atoms with E-state index in [0.717, 1.165) is 29.0 Å². The smallest absolute Gasteiger partial charge is 0.253 e. The number of hydrogen-bond donors (Lipinski definition) is 1. The van der Waals surface area contributed by atoms with E-state index >= 15 is 0 Å². The normalized spacial score (nSPS) is 20.3. The van der Waals surface area contributed by atoms with E-state index in [9.17, 15) is 18.0 Å². The molecular formula is C20H23N3O4S2. The van der Waals surface area contributed by atoms with Crippen LogP contribution in [0.2, 0.25) is 0 Å². The number of carbonyl (C=O) groups excluding carboxylic acids is 2. The molecule has 4 rings (SSSR count). The third-order valence-corrected chi connectivity index (χ3v) is 8.61. The van der Waals surface area contributed by atoms with Gasteiger partial charge in [-0.1, -0.05) is 18.2 Å². The first-order chi connectivity index (χ1) is 14.0. The molecule has 2 aromatic rings. The van der Waals surface area contributed by atoms with Gasteiger partial charge in [-0.15, -0.1) is 11.3 Å². The van der Waals surface area contributed by atoms with E-state index in [-0.39, 0.29) is 22.6 Å². The maximum Gasteiger partial charge on any atom is 0.253 e. The minimum Gasteiger partial charge on any atom is -0.351 e. The van der Waals surface area contributed by atoms with Crippen molar-refractivity contribution in [1.29, 1.82) is 0 Å². The second kappa shape index (κ2) is 8.25. The summed E-state index contributed by atoms with van der Waals surface area (Å²) in [5, 5.41) is 4.59. The molecule has 1 aromatic carbocycles. The first kappa shape index (κ1) is 20.1. The van der Waals surface area contributed by atoms with Crippen LogP contribution in [-0.2, 0) is 26.2 Å². The largest absolute Gasteiger partial charge is 0.351 e. The Bertz CT molecular complexity index is 1000. The summed E-state index contributed by atoms with van der Waals surface area (Å²) in [7, 11) is -3.65. The van der Waals surface area contributed by atoms with Crippen LogP contribution in [0.3, 0.4) is 0 Å². The molecule has 2 aliphatic heterocycles. The van der Waals surface area contributed by atoms with Gasteiger partial charge in [-0.2, -0.15) is 4.31 Å². The Morgan fingerprint density at radius 2 is 2.03 bits per heavy atom. The van der Waals surface area contributed by atoms with Crippen molar-refractivity contribution in [3.05, 3.63) is 47.3 Å². The van der Waals surface area contributed by atoms with E-state index in [0.29, 0.717) is 32.4 Å². The zero-order valence-corrected chi connectivity index (χ0v) is 17.5. The van der Waals surface area contributed by atoms with E-state index in [1.807, 2.05) is 24.3 Å². The number of sulfonamides is 1. The molecule has 9 heteroatoms. The van der Waals surface area contributed by atoms with Crippen LogP contribution in [-0.4, -0.2) is 43.7 Å². The van der Waals surface area contributed by atoms with E-state index in [1.165, 1.54) is 4.31 Å². The van der Waals surface area contributed by atoms with Crippen molar-refractivity contribution in [2.75, 3.05) is 18.0 Å². The molecule has 29 heavy (non-hydrogen) atoms. The van der Waals surface area contributed by atoms with Crippen molar-refractivity contribution in [2.24, 2.45) is 0 Å². The predicted octanol–water partition coefficient (Wildman–Crippen LogP) is 2.34. The monoisotopic (exact) mass is 433 g/mol. The molecule has 2 amide bonds. The summed E-state index contributed by atoms with van der Waals surface area (Å²) < 4.78 is 27.2. The van der Waals surface area contributed by atoms with Gasteiger partial charge in [0, 0.05) is 31.7 Å². The van der Waals surface area contributed by atoms with Gasteiger partial charge in [-0.25, -0.2) is 8.42 Å². The van der Waals surface area contributed by atoms with Gasteiger partial charge in [0.05, 0.1) is 0 Å². The minimum atomic E-state index is -3.65. The molecular weight excluding hydrogens is 410 g/mol. The number of hydrogen-bond acceptors (Lipinski definition) is 5. The summed E-state index contributed by atoms with van der Waals surface area (Å²) in [5.41, 5.74) is 1.71. The Balaban J connectivity index is 1.43. The van der Waals surface area contributed by atoms with Crippen molar-refractivity contribution in [1.82, 2.24) is 9.62 Å². The van der Waals surface area contributed by atoms with Crippen LogP contribution in [0.4, 0.5) is 5.69 Å². The van der Waals surface area contributed by atoms with Crippen LogP contribution in [0.1, 0.15) is 31.2 Å². The average molecular weight is 434 g/mol. The van der Waals surface area contributed by atoms with E-state index in [4.69, 9.17) is 0 Å². The number of anilines is 1. The van der Waals surface area contributed by atoms with Gasteiger partial charge in [0.1, 0.15) is 10.3 Å². The number of thiophene rings is 1. The molecule has 7 nitrogen and oxygen atoms in total. The highest BCUT2D eigenvalue weighted by Gasteiger charge is 2.39. The first-order valence-electron chi connectivity index (χ1n) is 9.69. The van der Waals surface area contributed by atoms with Gasteiger partial charge >= 0.3 is 0 Å². The molecule has 0 saturated carbocycles. The van der Waals surface area contributed by atoms with E-state index < -0.39 is 16.1 Å². The Kier molecular flexibility index (Phi) is 5.71. The van der Waals surface area contributed by atoms with Crippen molar-refractivity contribution in [2.45, 2.75) is 42.5 Å². The SMILES string of the molecule is O=C(NCc1cccc(N2CCCC2=O)c1)[C@H]1CCCN1S(=O)(=O)c1cccs1. The third kappa shape index (κ3) is 4.08. The summed E-state index contributed by atoms with van der Waals surface area (Å²) in [6.07, 6.45) is 2.60. The van der Waals surface area contributed by atoms with Gasteiger partial charge < -0.3 is 10.2 Å². The van der Waals surface area contributed by atoms with Crippen LogP contribution in [0.5, 0.6) is 0 Å². The summed E-state index contributed by atoms with van der Waals surface area (Å²) in [5.74, 6) is -0.170. The lowest BCUT2D eigenvalue weighted by Gasteiger charge is -2.23. The van der Waals surface area contributed by atoms with Gasteiger partial charge in [0.25, 0.3) is 10.0 Å². The number of carbonyl (C=O) groups is 2. The quantitative estimate of drug-likeness (QED) is 0.758. The fourth-order valence-electron chi connectivity index (χ4n) is 3.88. The Morgan fingerprint density at radius 3 is 2.76 bits per heavy atom. The van der Waals surface area contributed by atoms with Crippen molar-refractivity contribution in [3.8, 4) is 0 Å². The summed E-state index contributed by atoms with van der Waals surface area (Å²) in [6, 6.07) is 10.1. The Labute approximate surface area is 174 Å². The lowest BCUT2D eigenvalue weighted by molar-refractivity contribution is -0.124. The Morgan fingerprint density at radius 1 is 1.17 bits per heavy atom. The van der Waals surface area contributed by atoms with Crippen LogP contribution in [0, 0.1) is 0 Å². The summed E-state index contributed by atoms with van der Waals surface area (Å²) in [4.78, 5) is 26.5. The molecule has 1 aromatic heterocycles. The molecule has 0 bridgehead atoms. The molecule has 2 aliphatic rings. The van der Waals surface area contributed by atoms with Crippen molar-refractivity contribution >= 4 is 38.9 Å². The van der Waals surface area contributed by atoms with E-state index in [1.54, 1.807) is 22.4 Å². The number of nitrogens with zero attached hydrogens (tertiary/aromatic N) is 2. The highest BCUT2D eigenvalue weighted by Crippen LogP contribution is 2.29. The molecule has 3 heterocycles. The van der Waals surface area contributed by atoms with Gasteiger partial charge in [0.15, 0.2) is 0 Å². The molecule has 2 saturated heterocycles. The van der Waals surface area contributed by atoms with Crippen LogP contribution in [0.25, 0.3) is 0 Å². The molecule has 1 atom stereocenters. The summed E-state index contributed by atoms with van der Waals surface area (Å²) >= 11 is 1.16. The van der Waals surface area contributed by atoms with Crippen LogP contribution in [0.15, 0.2) is 46.0 Å². The standard InChI is InChI=1S/C20H23N3O4S2/c24-18-8-3-10-22(18)16-6-1-5-15(13-16)14-21-20(25)17-7-2-11-23(17)29(26,27)19-9-4-12-28-19/h1,4-6,9,12-13,17H,2-3,7-8,10-11,14H2,(H,21,25)/t17-/m1/s1. The van der Waals surface area contributed by atoms with Crippen molar-refractivity contribution < 1.29 is 18.0 Å². The molecule has 2 fully saturated rings. The van der Waals surface area contributed by atoms with E-state index in [2.05, 4.69) is 5.32 Å². The molecule has 0 unspecified atom stereocenters. The number of rotatable bonds is 6. The molecule has 0 radical (unpaired) electrons. The first-order valence-corrected chi connectivity index (χ1v) is 12.0. The van der Waals surface area contributed by atoms with Gasteiger partial charge in [0.2, 0.25) is 11.8 Å². The zero-order chi connectivity index (χ0) is 20.4. The highest BCUT2D eigenvalue weighted by molar-refractivity contribution is 7.91. The van der Waals surface area contributed by atoms with Crippen molar-refractivity contribution in [3.63, 3.8) is 0 Å².